The summed E-state index contributed by atoms with van der Waals surface area (Å²) in [6, 6.07) is 6.18. The van der Waals surface area contributed by atoms with Gasteiger partial charge in [0.25, 0.3) is 6.47 Å². The van der Waals surface area contributed by atoms with Gasteiger partial charge in [-0.05, 0) is 23.9 Å². The number of benzene rings is 1. The molecule has 1 aromatic carbocycles. The first-order valence-corrected chi connectivity index (χ1v) is 7.84. The van der Waals surface area contributed by atoms with Crippen molar-refractivity contribution in [2.45, 2.75) is 19.6 Å². The van der Waals surface area contributed by atoms with E-state index in [4.69, 9.17) is 4.74 Å². The fraction of sp³-hybridized carbons (Fsp3) is 0.333. The Hall–Kier alpha value is -2.55. The van der Waals surface area contributed by atoms with Crippen molar-refractivity contribution < 1.29 is 33.4 Å². The second-order valence-corrected chi connectivity index (χ2v) is 5.43. The minimum atomic E-state index is -0.817. The molecule has 9 heteroatoms. The smallest absolute Gasteiger partial charge is 0.372 e. The molecule has 0 spiro atoms. The number of carbonyl (C=O) groups excluding carboxylic acids is 4. The summed E-state index contributed by atoms with van der Waals surface area (Å²) >= 11 is 0.820. The lowest BCUT2D eigenvalue weighted by atomic mass is 10.2. The molecule has 1 aromatic rings. The van der Waals surface area contributed by atoms with Crippen molar-refractivity contribution in [3.63, 3.8) is 0 Å². The van der Waals surface area contributed by atoms with Crippen molar-refractivity contribution >= 4 is 35.4 Å². The molecular weight excluding hydrogens is 338 g/mol. The molecule has 0 fully saturated rings. The third-order valence-corrected chi connectivity index (χ3v) is 3.43. The predicted molar refractivity (Wildman–Crippen MR) is 85.6 cm³/mol. The number of thioether (sulfide) groups is 1. The lowest BCUT2D eigenvalue weighted by Crippen LogP contribution is -2.35. The van der Waals surface area contributed by atoms with Gasteiger partial charge in [0.2, 0.25) is 5.91 Å². The molecule has 1 atom stereocenters. The Morgan fingerprint density at radius 3 is 2.62 bits per heavy atom. The van der Waals surface area contributed by atoms with Gasteiger partial charge in [-0.2, -0.15) is 0 Å². The summed E-state index contributed by atoms with van der Waals surface area (Å²) in [5.74, 6) is -0.655. The Balaban J connectivity index is 2.53. The van der Waals surface area contributed by atoms with Crippen molar-refractivity contribution in [3.05, 3.63) is 29.8 Å². The molecule has 1 unspecified atom stereocenters. The van der Waals surface area contributed by atoms with Crippen LogP contribution in [0, 0.1) is 0 Å². The molecule has 1 amide bonds. The number of esters is 1. The van der Waals surface area contributed by atoms with Gasteiger partial charge in [0.1, 0.15) is 11.3 Å². The quantitative estimate of drug-likeness (QED) is 0.427. The predicted octanol–water partition coefficient (Wildman–Crippen LogP) is 1.73. The highest BCUT2D eigenvalue weighted by Crippen LogP contribution is 2.21. The molecule has 24 heavy (non-hydrogen) atoms. The second kappa shape index (κ2) is 10.3. The Labute approximate surface area is 142 Å². The molecule has 0 aromatic heterocycles. The number of hydrogen-bond acceptors (Lipinski definition) is 8. The third-order valence-electron chi connectivity index (χ3n) is 2.67. The fourth-order valence-electron chi connectivity index (χ4n) is 1.67. The summed E-state index contributed by atoms with van der Waals surface area (Å²) < 4.78 is 14.4. The van der Waals surface area contributed by atoms with Crippen LogP contribution in [0.4, 0.5) is 4.79 Å². The van der Waals surface area contributed by atoms with E-state index in [0.29, 0.717) is 0 Å². The van der Waals surface area contributed by atoms with Crippen LogP contribution in [0.1, 0.15) is 23.7 Å². The highest BCUT2D eigenvalue weighted by Gasteiger charge is 2.17. The van der Waals surface area contributed by atoms with E-state index >= 15 is 0 Å². The minimum Gasteiger partial charge on any atom is -0.465 e. The Kier molecular flexibility index (Phi) is 8.34. The number of methoxy groups -OCH3 is 1. The first-order chi connectivity index (χ1) is 11.5. The Bertz CT molecular complexity index is 605. The van der Waals surface area contributed by atoms with Gasteiger partial charge in [0.05, 0.1) is 7.11 Å². The van der Waals surface area contributed by atoms with E-state index in [1.54, 1.807) is 12.1 Å². The molecule has 0 heterocycles. The lowest BCUT2D eigenvalue weighted by molar-refractivity contribution is -0.137. The average Bonchev–Trinajstić information content (AvgIpc) is 2.54. The van der Waals surface area contributed by atoms with Gasteiger partial charge in [0.15, 0.2) is 6.23 Å². The number of nitrogens with one attached hydrogen (secondary N) is 1. The minimum absolute atomic E-state index is 0.0874. The van der Waals surface area contributed by atoms with Crippen LogP contribution in [0.3, 0.4) is 0 Å². The SMILES string of the molecule is COC(=O)c1ccccc1OC(=O)SCCC(NC(C)=O)OC=O. The van der Waals surface area contributed by atoms with Crippen LogP contribution in [0.25, 0.3) is 0 Å². The number of ether oxygens (including phenoxy) is 3. The lowest BCUT2D eigenvalue weighted by Gasteiger charge is -2.15. The maximum Gasteiger partial charge on any atom is 0.372 e. The summed E-state index contributed by atoms with van der Waals surface area (Å²) in [6.45, 7) is 1.50. The zero-order chi connectivity index (χ0) is 17.9. The topological polar surface area (TPSA) is 108 Å². The molecule has 0 aliphatic heterocycles. The number of amides is 1. The number of para-hydroxylation sites is 1. The standard InChI is InChI=1S/C15H17NO7S/c1-10(18)16-13(22-9-17)7-8-24-15(20)23-12-6-4-3-5-11(12)14(19)21-2/h3-6,9,13H,7-8H2,1-2H3,(H,16,18). The summed E-state index contributed by atoms with van der Waals surface area (Å²) in [5, 5.41) is 1.78. The van der Waals surface area contributed by atoms with Crippen LogP contribution in [0.15, 0.2) is 24.3 Å². The summed E-state index contributed by atoms with van der Waals surface area (Å²) in [7, 11) is 1.23. The summed E-state index contributed by atoms with van der Waals surface area (Å²) in [5.41, 5.74) is 0.134. The van der Waals surface area contributed by atoms with E-state index in [0.717, 1.165) is 11.8 Å². The normalized spacial score (nSPS) is 11.1. The fourth-order valence-corrected chi connectivity index (χ4v) is 2.32. The molecule has 8 nitrogen and oxygen atoms in total. The van der Waals surface area contributed by atoms with Gasteiger partial charge >= 0.3 is 11.3 Å². The molecule has 0 radical (unpaired) electrons. The van der Waals surface area contributed by atoms with Crippen LogP contribution < -0.4 is 10.1 Å². The zero-order valence-corrected chi connectivity index (χ0v) is 14.0. The van der Waals surface area contributed by atoms with Gasteiger partial charge in [-0.3, -0.25) is 9.59 Å². The molecule has 1 rings (SSSR count). The molecule has 130 valence electrons. The van der Waals surface area contributed by atoms with Gasteiger partial charge in [-0.25, -0.2) is 9.59 Å². The van der Waals surface area contributed by atoms with E-state index in [1.165, 1.54) is 26.2 Å². The molecule has 0 bridgehead atoms. The summed E-state index contributed by atoms with van der Waals surface area (Å²) in [6.07, 6.45) is -0.598. The third kappa shape index (κ3) is 6.69. The van der Waals surface area contributed by atoms with Crippen molar-refractivity contribution in [1.82, 2.24) is 5.32 Å². The van der Waals surface area contributed by atoms with E-state index in [1.807, 2.05) is 0 Å². The highest BCUT2D eigenvalue weighted by atomic mass is 32.2. The van der Waals surface area contributed by atoms with Gasteiger partial charge in [0, 0.05) is 19.1 Å². The number of carbonyl (C=O) groups is 4. The van der Waals surface area contributed by atoms with Crippen molar-refractivity contribution in [1.29, 1.82) is 0 Å². The van der Waals surface area contributed by atoms with Gasteiger partial charge in [-0.15, -0.1) is 0 Å². The highest BCUT2D eigenvalue weighted by molar-refractivity contribution is 8.13. The first kappa shape index (κ1) is 19.5. The average molecular weight is 355 g/mol. The van der Waals surface area contributed by atoms with Crippen molar-refractivity contribution in [3.8, 4) is 5.75 Å². The van der Waals surface area contributed by atoms with Crippen molar-refractivity contribution in [2.75, 3.05) is 12.9 Å². The van der Waals surface area contributed by atoms with Gasteiger partial charge in [-0.1, -0.05) is 12.1 Å². The Morgan fingerprint density at radius 2 is 2.00 bits per heavy atom. The zero-order valence-electron chi connectivity index (χ0n) is 13.1. The van der Waals surface area contributed by atoms with E-state index in [-0.39, 0.29) is 35.9 Å². The van der Waals surface area contributed by atoms with E-state index in [2.05, 4.69) is 14.8 Å². The summed E-state index contributed by atoms with van der Waals surface area (Å²) in [4.78, 5) is 44.7. The number of hydrogen-bond donors (Lipinski definition) is 1. The van der Waals surface area contributed by atoms with Crippen LogP contribution >= 0.6 is 11.8 Å². The van der Waals surface area contributed by atoms with Crippen LogP contribution in [0.5, 0.6) is 5.75 Å². The van der Waals surface area contributed by atoms with Crippen LogP contribution in [-0.2, 0) is 19.1 Å². The second-order valence-electron chi connectivity index (χ2n) is 4.40. The molecule has 0 saturated carbocycles. The number of rotatable bonds is 8. The van der Waals surface area contributed by atoms with E-state index in [9.17, 15) is 19.2 Å². The maximum atomic E-state index is 11.8. The molecule has 0 aliphatic rings. The monoisotopic (exact) mass is 355 g/mol. The Morgan fingerprint density at radius 1 is 1.29 bits per heavy atom. The van der Waals surface area contributed by atoms with Gasteiger partial charge < -0.3 is 19.5 Å². The first-order valence-electron chi connectivity index (χ1n) is 6.86. The maximum absolute atomic E-state index is 11.8. The largest absolute Gasteiger partial charge is 0.465 e. The van der Waals surface area contributed by atoms with Crippen LogP contribution in [0.2, 0.25) is 0 Å². The molecule has 0 aliphatic carbocycles. The molecule has 0 saturated heterocycles. The molecule has 1 N–H and O–H groups in total. The van der Waals surface area contributed by atoms with Crippen LogP contribution in [-0.4, -0.2) is 42.7 Å². The molecular formula is C15H17NO7S. The van der Waals surface area contributed by atoms with Crippen molar-refractivity contribution in [2.24, 2.45) is 0 Å². The van der Waals surface area contributed by atoms with E-state index < -0.39 is 17.5 Å².